The van der Waals surface area contributed by atoms with Gasteiger partial charge < -0.3 is 4.52 Å². The van der Waals surface area contributed by atoms with E-state index in [1.54, 1.807) is 6.20 Å². The first-order chi connectivity index (χ1) is 5.29. The summed E-state index contributed by atoms with van der Waals surface area (Å²) in [5.41, 5.74) is 0. The normalized spacial score (nSPS) is 9.18. The molecule has 0 aliphatic rings. The Morgan fingerprint density at radius 2 is 2.09 bits per heavy atom. The van der Waals surface area contributed by atoms with Gasteiger partial charge in [-0.3, -0.25) is 0 Å². The molecule has 0 aliphatic heterocycles. The lowest BCUT2D eigenvalue weighted by Gasteiger charge is -1.96. The van der Waals surface area contributed by atoms with Gasteiger partial charge in [0.25, 0.3) is 0 Å². The van der Waals surface area contributed by atoms with Crippen LogP contribution in [0.15, 0.2) is 16.8 Å². The van der Waals surface area contributed by atoms with E-state index in [1.807, 2.05) is 19.9 Å². The molecule has 0 bridgehead atoms. The molecule has 0 radical (unpaired) electrons. The second-order valence-electron chi connectivity index (χ2n) is 2.58. The minimum Gasteiger partial charge on any atom is -0.361 e. The Hall–Kier alpha value is -0.790. The van der Waals surface area contributed by atoms with Crippen molar-refractivity contribution >= 4 is 0 Å². The van der Waals surface area contributed by atoms with E-state index < -0.39 is 0 Å². The van der Waals surface area contributed by atoms with E-state index in [-0.39, 0.29) is 0 Å². The maximum Gasteiger partial charge on any atom is 0.136 e. The average Bonchev–Trinajstić information content (AvgIpc) is 2.43. The molecule has 2 nitrogen and oxygen atoms in total. The molecule has 0 aliphatic carbocycles. The first-order valence-electron chi connectivity index (χ1n) is 4.18. The largest absolute Gasteiger partial charge is 0.361 e. The van der Waals surface area contributed by atoms with Crippen LogP contribution in [0.3, 0.4) is 0 Å². The second kappa shape index (κ2) is 5.96. The highest BCUT2D eigenvalue weighted by atomic mass is 16.5. The number of aromatic nitrogens is 1. The van der Waals surface area contributed by atoms with Gasteiger partial charge in [-0.1, -0.05) is 32.9 Å². The Bertz CT molecular complexity index is 156. The summed E-state index contributed by atoms with van der Waals surface area (Å²) < 4.78 is 4.89. The van der Waals surface area contributed by atoms with Gasteiger partial charge in [0.2, 0.25) is 0 Å². The van der Waals surface area contributed by atoms with Crippen LogP contribution < -0.4 is 0 Å². The minimum absolute atomic E-state index is 0.651. The van der Waals surface area contributed by atoms with Crippen molar-refractivity contribution in [3.63, 3.8) is 0 Å². The molecule has 0 aromatic carbocycles. The summed E-state index contributed by atoms with van der Waals surface area (Å²) in [5.74, 6) is 1.63. The van der Waals surface area contributed by atoms with Crippen molar-refractivity contribution in [2.45, 2.75) is 34.1 Å². The summed E-state index contributed by atoms with van der Waals surface area (Å²) in [5, 5.41) is 3.60. The van der Waals surface area contributed by atoms with E-state index in [1.165, 1.54) is 0 Å². The van der Waals surface area contributed by atoms with Gasteiger partial charge in [0, 0.05) is 12.5 Å². The van der Waals surface area contributed by atoms with E-state index >= 15 is 0 Å². The smallest absolute Gasteiger partial charge is 0.136 e. The van der Waals surface area contributed by atoms with E-state index in [0.29, 0.717) is 5.92 Å². The Balaban J connectivity index is 0.000000461. The molecule has 1 aromatic heterocycles. The number of rotatable bonds is 2. The minimum atomic E-state index is 0.651. The molecule has 64 valence electrons. The summed E-state index contributed by atoms with van der Waals surface area (Å²) in [6.45, 7) is 8.31. The first kappa shape index (κ1) is 10.2. The van der Waals surface area contributed by atoms with Crippen molar-refractivity contribution < 1.29 is 4.52 Å². The molecule has 11 heavy (non-hydrogen) atoms. The fourth-order valence-electron chi connectivity index (χ4n) is 0.750. The third-order valence-electron chi connectivity index (χ3n) is 1.10. The zero-order valence-corrected chi connectivity index (χ0v) is 7.79. The second-order valence-corrected chi connectivity index (χ2v) is 2.58. The lowest BCUT2D eigenvalue weighted by atomic mass is 10.1. The zero-order chi connectivity index (χ0) is 8.69. The molecule has 1 aromatic rings. The van der Waals surface area contributed by atoms with Crippen molar-refractivity contribution in [3.05, 3.63) is 18.0 Å². The number of hydrogen-bond acceptors (Lipinski definition) is 2. The SMILES string of the molecule is CC.CC(C)Cc1ccno1. The summed E-state index contributed by atoms with van der Waals surface area (Å²) in [4.78, 5) is 0. The third kappa shape index (κ3) is 4.59. The fourth-order valence-corrected chi connectivity index (χ4v) is 0.750. The standard InChI is InChI=1S/C7H11NO.C2H6/c1-6(2)5-7-3-4-8-9-7;1-2/h3-4,6H,5H2,1-2H3;1-2H3. The topological polar surface area (TPSA) is 26.0 Å². The van der Waals surface area contributed by atoms with Crippen LogP contribution in [0, 0.1) is 5.92 Å². The Labute approximate surface area is 68.6 Å². The molecule has 0 fully saturated rings. The monoisotopic (exact) mass is 155 g/mol. The van der Waals surface area contributed by atoms with Crippen LogP contribution in [0.4, 0.5) is 0 Å². The molecule has 1 rings (SSSR count). The summed E-state index contributed by atoms with van der Waals surface area (Å²) in [6.07, 6.45) is 2.66. The highest BCUT2D eigenvalue weighted by molar-refractivity contribution is 4.93. The van der Waals surface area contributed by atoms with E-state index in [4.69, 9.17) is 4.52 Å². The van der Waals surface area contributed by atoms with Gasteiger partial charge in [0.15, 0.2) is 0 Å². The highest BCUT2D eigenvalue weighted by Gasteiger charge is 1.98. The van der Waals surface area contributed by atoms with Crippen molar-refractivity contribution in [1.82, 2.24) is 5.16 Å². The molecule has 0 spiro atoms. The Morgan fingerprint density at radius 1 is 1.45 bits per heavy atom. The molecular formula is C9H17NO. The molecule has 0 N–H and O–H groups in total. The Kier molecular flexibility index (Phi) is 5.53. The molecular weight excluding hydrogens is 138 g/mol. The van der Waals surface area contributed by atoms with Crippen LogP contribution in [-0.4, -0.2) is 5.16 Å². The molecule has 0 amide bonds. The molecule has 0 saturated carbocycles. The van der Waals surface area contributed by atoms with Crippen molar-refractivity contribution in [2.75, 3.05) is 0 Å². The van der Waals surface area contributed by atoms with E-state index in [9.17, 15) is 0 Å². The van der Waals surface area contributed by atoms with Crippen LogP contribution in [0.5, 0.6) is 0 Å². The van der Waals surface area contributed by atoms with E-state index in [2.05, 4.69) is 19.0 Å². The quantitative estimate of drug-likeness (QED) is 0.656. The van der Waals surface area contributed by atoms with Gasteiger partial charge >= 0.3 is 0 Å². The highest BCUT2D eigenvalue weighted by Crippen LogP contribution is 2.05. The summed E-state index contributed by atoms with van der Waals surface area (Å²) in [7, 11) is 0. The predicted molar refractivity (Wildman–Crippen MR) is 46.4 cm³/mol. The van der Waals surface area contributed by atoms with Gasteiger partial charge in [-0.25, -0.2) is 0 Å². The molecule has 2 heteroatoms. The van der Waals surface area contributed by atoms with Crippen molar-refractivity contribution in [3.8, 4) is 0 Å². The zero-order valence-electron chi connectivity index (χ0n) is 7.79. The van der Waals surface area contributed by atoms with E-state index in [0.717, 1.165) is 12.2 Å². The predicted octanol–water partition coefficient (Wildman–Crippen LogP) is 2.90. The molecule has 0 unspecified atom stereocenters. The van der Waals surface area contributed by atoms with Crippen LogP contribution in [-0.2, 0) is 6.42 Å². The number of hydrogen-bond donors (Lipinski definition) is 0. The fraction of sp³-hybridized carbons (Fsp3) is 0.667. The maximum atomic E-state index is 4.89. The van der Waals surface area contributed by atoms with Crippen LogP contribution >= 0.6 is 0 Å². The number of nitrogens with zero attached hydrogens (tertiary/aromatic N) is 1. The first-order valence-corrected chi connectivity index (χ1v) is 4.18. The van der Waals surface area contributed by atoms with Crippen LogP contribution in [0.2, 0.25) is 0 Å². The van der Waals surface area contributed by atoms with Gasteiger partial charge in [-0.15, -0.1) is 0 Å². The molecule has 0 atom stereocenters. The lowest BCUT2D eigenvalue weighted by molar-refractivity contribution is 0.369. The summed E-state index contributed by atoms with van der Waals surface area (Å²) >= 11 is 0. The summed E-state index contributed by atoms with van der Waals surface area (Å²) in [6, 6.07) is 1.90. The molecule has 0 saturated heterocycles. The van der Waals surface area contributed by atoms with Crippen molar-refractivity contribution in [1.29, 1.82) is 0 Å². The van der Waals surface area contributed by atoms with Gasteiger partial charge in [0.05, 0.1) is 6.20 Å². The molecule has 1 heterocycles. The van der Waals surface area contributed by atoms with Gasteiger partial charge in [0.1, 0.15) is 5.76 Å². The average molecular weight is 155 g/mol. The van der Waals surface area contributed by atoms with Gasteiger partial charge in [-0.2, -0.15) is 0 Å². The van der Waals surface area contributed by atoms with Crippen LogP contribution in [0.1, 0.15) is 33.5 Å². The third-order valence-corrected chi connectivity index (χ3v) is 1.10. The lowest BCUT2D eigenvalue weighted by Crippen LogP contribution is -1.90. The van der Waals surface area contributed by atoms with Crippen molar-refractivity contribution in [2.24, 2.45) is 5.92 Å². The van der Waals surface area contributed by atoms with Gasteiger partial charge in [-0.05, 0) is 5.92 Å². The maximum absolute atomic E-state index is 4.89. The van der Waals surface area contributed by atoms with Crippen LogP contribution in [0.25, 0.3) is 0 Å². The Morgan fingerprint density at radius 3 is 2.45 bits per heavy atom.